The van der Waals surface area contributed by atoms with Crippen molar-refractivity contribution in [3.8, 4) is 44.8 Å². The van der Waals surface area contributed by atoms with Crippen LogP contribution in [0.4, 0.5) is 17.1 Å². The average Bonchev–Trinajstić information content (AvgIpc) is 4.40. The number of nitrogens with zero attached hydrogens (tertiary/aromatic N) is 3. The summed E-state index contributed by atoms with van der Waals surface area (Å²) in [5.74, 6) is 0.594. The number of fused-ring (bicyclic) bond motifs is 14. The molecule has 2 aromatic heterocycles. The average molecular weight is 1000 g/mol. The maximum absolute atomic E-state index is 2.75. The van der Waals surface area contributed by atoms with Crippen molar-refractivity contribution in [2.45, 2.75) is 103 Å². The van der Waals surface area contributed by atoms with Gasteiger partial charge in [-0.05, 0) is 173 Å². The van der Waals surface area contributed by atoms with E-state index >= 15 is 0 Å². The molecule has 0 radical (unpaired) electrons. The van der Waals surface area contributed by atoms with Crippen LogP contribution in [-0.4, -0.2) is 15.8 Å². The molecular formula is C74H62BN3. The van der Waals surface area contributed by atoms with Crippen molar-refractivity contribution < 1.29 is 0 Å². The van der Waals surface area contributed by atoms with Crippen LogP contribution in [0.2, 0.25) is 0 Å². The molecule has 4 heterocycles. The highest BCUT2D eigenvalue weighted by molar-refractivity contribution is 7.00. The molecule has 1 saturated carbocycles. The van der Waals surface area contributed by atoms with Gasteiger partial charge in [0.05, 0.1) is 22.2 Å². The predicted molar refractivity (Wildman–Crippen MR) is 333 cm³/mol. The van der Waals surface area contributed by atoms with E-state index in [0.29, 0.717) is 5.92 Å². The fraction of sp³-hybridized carbons (Fsp3) is 0.216. The highest BCUT2D eigenvalue weighted by atomic mass is 15.2. The second-order valence-electron chi connectivity index (χ2n) is 26.3. The molecule has 0 bridgehead atoms. The summed E-state index contributed by atoms with van der Waals surface area (Å²) in [6.45, 7) is 19.0. The zero-order valence-corrected chi connectivity index (χ0v) is 46.1. The second kappa shape index (κ2) is 15.1. The monoisotopic (exact) mass is 1000 g/mol. The number of aromatic nitrogens is 2. The van der Waals surface area contributed by atoms with Gasteiger partial charge in [-0.2, -0.15) is 0 Å². The second-order valence-corrected chi connectivity index (χ2v) is 26.3. The van der Waals surface area contributed by atoms with Crippen molar-refractivity contribution in [1.82, 2.24) is 9.13 Å². The third kappa shape index (κ3) is 5.75. The van der Waals surface area contributed by atoms with Gasteiger partial charge in [0.25, 0.3) is 6.71 Å². The van der Waals surface area contributed by atoms with E-state index in [2.05, 4.69) is 245 Å². The zero-order chi connectivity index (χ0) is 52.5. The van der Waals surface area contributed by atoms with Crippen molar-refractivity contribution in [2.24, 2.45) is 0 Å². The minimum atomic E-state index is -0.202. The Hall–Kier alpha value is -8.08. The molecule has 2 aliphatic heterocycles. The van der Waals surface area contributed by atoms with Crippen LogP contribution in [0.5, 0.6) is 0 Å². The maximum atomic E-state index is 2.75. The first-order valence-electron chi connectivity index (χ1n) is 28.8. The first-order valence-corrected chi connectivity index (χ1v) is 28.8. The lowest BCUT2D eigenvalue weighted by Gasteiger charge is -2.41. The van der Waals surface area contributed by atoms with Gasteiger partial charge < -0.3 is 14.0 Å². The molecule has 376 valence electrons. The number of benzene rings is 10. The standard InChI is InChI=1S/C74H62BN3/c1-72(2,3)45-29-32-47(33-30-45)76-60-36-31-46(73(4,5)6)38-57(60)75-58-41-54-51-22-13-14-25-56(51)74(7,8)69(54)67-55-37-44(42-17-9-10-18-42)28-34-59(55)78(71(58)67)64-40-48(39-63(76)70(64)75)77-61-26-16-24-53-50-21-12-11-20-49(50)52-23-15-19-43-27-35-62(77)68(65(43)52)66(53)61/h11-16,19-42H,9-10,17-18H2,1-8H3. The van der Waals surface area contributed by atoms with Gasteiger partial charge in [-0.15, -0.1) is 0 Å². The molecule has 10 aromatic carbocycles. The molecule has 0 spiro atoms. The molecule has 4 heteroatoms. The maximum Gasteiger partial charge on any atom is 0.252 e. The number of anilines is 3. The van der Waals surface area contributed by atoms with Crippen LogP contribution in [0.3, 0.4) is 0 Å². The molecule has 12 aromatic rings. The Morgan fingerprint density at radius 3 is 1.87 bits per heavy atom. The normalized spacial score (nSPS) is 15.7. The highest BCUT2D eigenvalue weighted by Gasteiger charge is 2.47. The molecule has 78 heavy (non-hydrogen) atoms. The Balaban J connectivity index is 1.06. The third-order valence-electron chi connectivity index (χ3n) is 19.6. The third-order valence-corrected chi connectivity index (χ3v) is 19.6. The van der Waals surface area contributed by atoms with Crippen LogP contribution < -0.4 is 21.3 Å². The van der Waals surface area contributed by atoms with Crippen molar-refractivity contribution in [1.29, 1.82) is 0 Å². The Morgan fingerprint density at radius 2 is 1.12 bits per heavy atom. The molecule has 0 saturated heterocycles. The Morgan fingerprint density at radius 1 is 0.462 bits per heavy atom. The van der Waals surface area contributed by atoms with Crippen molar-refractivity contribution >= 4 is 94.5 Å². The van der Waals surface area contributed by atoms with Gasteiger partial charge in [0.15, 0.2) is 0 Å². The first-order chi connectivity index (χ1) is 37.7. The van der Waals surface area contributed by atoms with Gasteiger partial charge in [-0.3, -0.25) is 0 Å². The molecule has 5 aliphatic rings. The zero-order valence-electron chi connectivity index (χ0n) is 46.1. The van der Waals surface area contributed by atoms with E-state index in [1.165, 1.54) is 186 Å². The number of hydrogen-bond acceptors (Lipinski definition) is 1. The largest absolute Gasteiger partial charge is 0.311 e. The van der Waals surface area contributed by atoms with Gasteiger partial charge >= 0.3 is 0 Å². The van der Waals surface area contributed by atoms with Crippen LogP contribution in [0, 0.1) is 0 Å². The van der Waals surface area contributed by atoms with Crippen LogP contribution in [-0.2, 0) is 16.2 Å². The fourth-order valence-corrected chi connectivity index (χ4v) is 16.0. The van der Waals surface area contributed by atoms with E-state index in [-0.39, 0.29) is 23.0 Å². The number of rotatable bonds is 3. The lowest BCUT2D eigenvalue weighted by atomic mass is 9.33. The summed E-state index contributed by atoms with van der Waals surface area (Å²) in [4.78, 5) is 2.64. The summed E-state index contributed by atoms with van der Waals surface area (Å²) in [5, 5.41) is 8.10. The summed E-state index contributed by atoms with van der Waals surface area (Å²) in [6, 6.07) is 69.6. The summed E-state index contributed by atoms with van der Waals surface area (Å²) in [6.07, 6.45) is 5.16. The van der Waals surface area contributed by atoms with Gasteiger partial charge in [-0.1, -0.05) is 190 Å². The molecule has 17 rings (SSSR count). The minimum Gasteiger partial charge on any atom is -0.311 e. The van der Waals surface area contributed by atoms with E-state index in [4.69, 9.17) is 0 Å². The summed E-state index contributed by atoms with van der Waals surface area (Å²) >= 11 is 0. The van der Waals surface area contributed by atoms with Crippen LogP contribution in [0.15, 0.2) is 176 Å². The predicted octanol–water partition coefficient (Wildman–Crippen LogP) is 17.9. The quantitative estimate of drug-likeness (QED) is 0.161. The first kappa shape index (κ1) is 45.0. The SMILES string of the molecule is CC(C)(C)c1ccc(N2c3ccc(C(C)(C)C)cc3B3c4c2cc(-n2c5cccc6c5c5c7c(cccc7ccc52)-c2ccccc2-6)cc4-n2c4ccc(C5CCCC5)cc4c4c5c(cc3c42)-c2ccccc2C5(C)C)cc1. The van der Waals surface area contributed by atoms with Gasteiger partial charge in [-0.25, -0.2) is 0 Å². The molecule has 3 aliphatic carbocycles. The lowest BCUT2D eigenvalue weighted by Crippen LogP contribution is -2.60. The van der Waals surface area contributed by atoms with E-state index in [1.54, 1.807) is 0 Å². The fourth-order valence-electron chi connectivity index (χ4n) is 16.0. The minimum absolute atomic E-state index is 0.0161. The van der Waals surface area contributed by atoms with Gasteiger partial charge in [0.2, 0.25) is 0 Å². The summed E-state index contributed by atoms with van der Waals surface area (Å²) in [7, 11) is 0. The van der Waals surface area contributed by atoms with Crippen molar-refractivity contribution in [3.05, 3.63) is 204 Å². The molecule has 3 nitrogen and oxygen atoms in total. The highest BCUT2D eigenvalue weighted by Crippen LogP contribution is 2.56. The van der Waals surface area contributed by atoms with Crippen molar-refractivity contribution in [2.75, 3.05) is 4.90 Å². The summed E-state index contributed by atoms with van der Waals surface area (Å²) < 4.78 is 5.38. The van der Waals surface area contributed by atoms with Crippen LogP contribution >= 0.6 is 0 Å². The molecule has 0 amide bonds. The topological polar surface area (TPSA) is 13.1 Å². The molecule has 0 atom stereocenters. The van der Waals surface area contributed by atoms with Crippen LogP contribution in [0.25, 0.3) is 99.1 Å². The molecular weight excluding hydrogens is 942 g/mol. The molecule has 1 fully saturated rings. The number of hydrogen-bond donors (Lipinski definition) is 0. The summed E-state index contributed by atoms with van der Waals surface area (Å²) in [5.41, 5.74) is 30.2. The lowest BCUT2D eigenvalue weighted by molar-refractivity contribution is 0.590. The Labute approximate surface area is 457 Å². The van der Waals surface area contributed by atoms with E-state index in [9.17, 15) is 0 Å². The Kier molecular flexibility index (Phi) is 8.73. The van der Waals surface area contributed by atoms with Gasteiger partial charge in [0, 0.05) is 55.2 Å². The van der Waals surface area contributed by atoms with Crippen LogP contribution in [0.1, 0.15) is 115 Å². The van der Waals surface area contributed by atoms with E-state index < -0.39 is 0 Å². The molecule has 0 N–H and O–H groups in total. The van der Waals surface area contributed by atoms with E-state index in [1.807, 2.05) is 0 Å². The van der Waals surface area contributed by atoms with Crippen molar-refractivity contribution in [3.63, 3.8) is 0 Å². The Bertz CT molecular complexity index is 4670. The van der Waals surface area contributed by atoms with E-state index in [0.717, 1.165) is 0 Å². The van der Waals surface area contributed by atoms with Gasteiger partial charge in [0.1, 0.15) is 0 Å². The smallest absolute Gasteiger partial charge is 0.252 e. The molecule has 0 unspecified atom stereocenters.